The van der Waals surface area contributed by atoms with Gasteiger partial charge < -0.3 is 11.1 Å². The van der Waals surface area contributed by atoms with E-state index in [1.165, 1.54) is 0 Å². The molecule has 0 aliphatic rings. The fourth-order valence-electron chi connectivity index (χ4n) is 1.82. The molecule has 2 rings (SSSR count). The van der Waals surface area contributed by atoms with E-state index in [1.807, 2.05) is 33.2 Å². The van der Waals surface area contributed by atoms with Gasteiger partial charge in [0.2, 0.25) is 0 Å². The van der Waals surface area contributed by atoms with Gasteiger partial charge >= 0.3 is 0 Å². The maximum absolute atomic E-state index is 5.88. The molecule has 2 aromatic heterocycles. The van der Waals surface area contributed by atoms with Gasteiger partial charge in [-0.05, 0) is 13.0 Å². The third-order valence-corrected chi connectivity index (χ3v) is 2.99. The van der Waals surface area contributed by atoms with Crippen LogP contribution < -0.4 is 11.1 Å². The predicted molar refractivity (Wildman–Crippen MR) is 76.0 cm³/mol. The molecule has 19 heavy (non-hydrogen) atoms. The van der Waals surface area contributed by atoms with Crippen molar-refractivity contribution < 1.29 is 0 Å². The molecule has 0 radical (unpaired) electrons. The van der Waals surface area contributed by atoms with Crippen LogP contribution in [0.25, 0.3) is 0 Å². The first kappa shape index (κ1) is 13.3. The summed E-state index contributed by atoms with van der Waals surface area (Å²) in [4.78, 5) is 8.69. The second-order valence-corrected chi connectivity index (χ2v) is 4.51. The van der Waals surface area contributed by atoms with Gasteiger partial charge in [0.25, 0.3) is 0 Å². The molecule has 0 unspecified atom stereocenters. The van der Waals surface area contributed by atoms with Gasteiger partial charge in [-0.2, -0.15) is 5.10 Å². The van der Waals surface area contributed by atoms with E-state index in [4.69, 9.17) is 5.73 Å². The van der Waals surface area contributed by atoms with Gasteiger partial charge in [0, 0.05) is 38.2 Å². The van der Waals surface area contributed by atoms with E-state index in [1.54, 1.807) is 4.68 Å². The maximum Gasteiger partial charge on any atom is 0.134 e. The molecule has 0 spiro atoms. The highest BCUT2D eigenvalue weighted by Gasteiger charge is 2.07. The molecule has 3 N–H and O–H groups in total. The normalized spacial score (nSPS) is 10.7. The molecule has 6 nitrogen and oxygen atoms in total. The summed E-state index contributed by atoms with van der Waals surface area (Å²) >= 11 is 0. The lowest BCUT2D eigenvalue weighted by molar-refractivity contribution is 0.741. The predicted octanol–water partition coefficient (Wildman–Crippen LogP) is 1.32. The van der Waals surface area contributed by atoms with Crippen molar-refractivity contribution in [2.75, 3.05) is 17.6 Å². The van der Waals surface area contributed by atoms with Crippen LogP contribution in [-0.2, 0) is 19.9 Å². The zero-order valence-corrected chi connectivity index (χ0v) is 11.6. The summed E-state index contributed by atoms with van der Waals surface area (Å²) < 4.78 is 1.80. The van der Waals surface area contributed by atoms with Crippen LogP contribution in [0.15, 0.2) is 12.3 Å². The van der Waals surface area contributed by atoms with Crippen LogP contribution in [-0.4, -0.2) is 26.3 Å². The minimum absolute atomic E-state index is 0.548. The zero-order chi connectivity index (χ0) is 13.8. The van der Waals surface area contributed by atoms with Crippen molar-refractivity contribution in [2.24, 2.45) is 7.05 Å². The van der Waals surface area contributed by atoms with Gasteiger partial charge in [0.1, 0.15) is 17.5 Å². The molecular weight excluding hydrogens is 240 g/mol. The molecule has 0 fully saturated rings. The smallest absolute Gasteiger partial charge is 0.134 e. The van der Waals surface area contributed by atoms with Gasteiger partial charge in [-0.1, -0.05) is 6.92 Å². The highest BCUT2D eigenvalue weighted by molar-refractivity contribution is 5.54. The molecular formula is C13H20N6. The van der Waals surface area contributed by atoms with Crippen molar-refractivity contribution in [1.82, 2.24) is 19.7 Å². The minimum atomic E-state index is 0.548. The first-order valence-corrected chi connectivity index (χ1v) is 6.45. The lowest BCUT2D eigenvalue weighted by atomic mass is 10.2. The molecule has 6 heteroatoms. The number of hydrogen-bond acceptors (Lipinski definition) is 5. The SMILES string of the molecule is CCc1nc(N)c(C)c(NCCc2ccn(C)n2)n1. The Bertz CT molecular complexity index is 560. The van der Waals surface area contributed by atoms with Crippen LogP contribution in [0.3, 0.4) is 0 Å². The summed E-state index contributed by atoms with van der Waals surface area (Å²) in [6.45, 7) is 4.72. The first-order valence-electron chi connectivity index (χ1n) is 6.45. The highest BCUT2D eigenvalue weighted by Crippen LogP contribution is 2.17. The molecule has 2 aromatic rings. The number of anilines is 2. The Morgan fingerprint density at radius 1 is 1.37 bits per heavy atom. The third-order valence-electron chi connectivity index (χ3n) is 2.99. The lowest BCUT2D eigenvalue weighted by Crippen LogP contribution is -2.12. The first-order chi connectivity index (χ1) is 9.10. The van der Waals surface area contributed by atoms with Crippen molar-refractivity contribution in [3.05, 3.63) is 29.3 Å². The molecule has 102 valence electrons. The quantitative estimate of drug-likeness (QED) is 0.847. The van der Waals surface area contributed by atoms with Gasteiger partial charge in [0.05, 0.1) is 5.69 Å². The largest absolute Gasteiger partial charge is 0.383 e. The molecule has 0 amide bonds. The lowest BCUT2D eigenvalue weighted by Gasteiger charge is -2.10. The number of aromatic nitrogens is 4. The van der Waals surface area contributed by atoms with Crippen LogP contribution in [0.1, 0.15) is 24.0 Å². The van der Waals surface area contributed by atoms with E-state index in [0.717, 1.165) is 42.3 Å². The average Bonchev–Trinajstić information content (AvgIpc) is 2.80. The zero-order valence-electron chi connectivity index (χ0n) is 11.6. The fraction of sp³-hybridized carbons (Fsp3) is 0.462. The van der Waals surface area contributed by atoms with Crippen LogP contribution >= 0.6 is 0 Å². The Kier molecular flexibility index (Phi) is 3.99. The Morgan fingerprint density at radius 2 is 2.16 bits per heavy atom. The van der Waals surface area contributed by atoms with E-state index in [0.29, 0.717) is 5.82 Å². The molecule has 0 saturated carbocycles. The molecule has 0 saturated heterocycles. The fourth-order valence-corrected chi connectivity index (χ4v) is 1.82. The summed E-state index contributed by atoms with van der Waals surface area (Å²) in [6, 6.07) is 2.01. The molecule has 0 aliphatic heterocycles. The standard InChI is InChI=1S/C13H20N6/c1-4-11-16-12(14)9(2)13(17-11)15-7-5-10-6-8-19(3)18-10/h6,8H,4-5,7H2,1-3H3,(H3,14,15,16,17). The maximum atomic E-state index is 5.88. The molecule has 0 atom stereocenters. The number of hydrogen-bond donors (Lipinski definition) is 2. The molecule has 0 bridgehead atoms. The highest BCUT2D eigenvalue weighted by atomic mass is 15.2. The van der Waals surface area contributed by atoms with Gasteiger partial charge in [0.15, 0.2) is 0 Å². The Labute approximate surface area is 113 Å². The summed E-state index contributed by atoms with van der Waals surface area (Å²) in [6.07, 6.45) is 3.57. The van der Waals surface area contributed by atoms with Crippen LogP contribution in [0.4, 0.5) is 11.6 Å². The second-order valence-electron chi connectivity index (χ2n) is 4.51. The summed E-state index contributed by atoms with van der Waals surface area (Å²) in [5.41, 5.74) is 7.84. The van der Waals surface area contributed by atoms with E-state index in [2.05, 4.69) is 20.4 Å². The van der Waals surface area contributed by atoms with Gasteiger partial charge in [-0.3, -0.25) is 4.68 Å². The average molecular weight is 260 g/mol. The third kappa shape index (κ3) is 3.21. The molecule has 0 aliphatic carbocycles. The number of nitrogen functional groups attached to an aromatic ring is 1. The van der Waals surface area contributed by atoms with Gasteiger partial charge in [-0.15, -0.1) is 0 Å². The van der Waals surface area contributed by atoms with Crippen molar-refractivity contribution in [2.45, 2.75) is 26.7 Å². The minimum Gasteiger partial charge on any atom is -0.383 e. The monoisotopic (exact) mass is 260 g/mol. The second kappa shape index (κ2) is 5.69. The summed E-state index contributed by atoms with van der Waals surface area (Å²) in [5.74, 6) is 2.14. The van der Waals surface area contributed by atoms with E-state index < -0.39 is 0 Å². The Hall–Kier alpha value is -2.11. The van der Waals surface area contributed by atoms with E-state index >= 15 is 0 Å². The van der Waals surface area contributed by atoms with Gasteiger partial charge in [-0.25, -0.2) is 9.97 Å². The topological polar surface area (TPSA) is 81.6 Å². The number of nitrogens with zero attached hydrogens (tertiary/aromatic N) is 4. The number of aryl methyl sites for hydroxylation is 2. The Balaban J connectivity index is 2.01. The number of nitrogens with one attached hydrogen (secondary N) is 1. The molecule has 2 heterocycles. The molecule has 0 aromatic carbocycles. The van der Waals surface area contributed by atoms with E-state index in [-0.39, 0.29) is 0 Å². The van der Waals surface area contributed by atoms with Crippen LogP contribution in [0.2, 0.25) is 0 Å². The number of rotatable bonds is 5. The van der Waals surface area contributed by atoms with Crippen molar-refractivity contribution in [3.8, 4) is 0 Å². The summed E-state index contributed by atoms with van der Waals surface area (Å²) in [5, 5.41) is 7.64. The van der Waals surface area contributed by atoms with Crippen LogP contribution in [0.5, 0.6) is 0 Å². The summed E-state index contributed by atoms with van der Waals surface area (Å²) in [7, 11) is 1.92. The van der Waals surface area contributed by atoms with E-state index in [9.17, 15) is 0 Å². The number of nitrogens with two attached hydrogens (primary N) is 1. The Morgan fingerprint density at radius 3 is 2.79 bits per heavy atom. The van der Waals surface area contributed by atoms with Crippen molar-refractivity contribution in [3.63, 3.8) is 0 Å². The van der Waals surface area contributed by atoms with Crippen LogP contribution in [0, 0.1) is 6.92 Å². The van der Waals surface area contributed by atoms with Crippen molar-refractivity contribution >= 4 is 11.6 Å². The van der Waals surface area contributed by atoms with Crippen molar-refractivity contribution in [1.29, 1.82) is 0 Å².